The number of carbonyl (C=O) groups is 2. The molecule has 1 aromatic rings. The van der Waals surface area contributed by atoms with Crippen molar-refractivity contribution >= 4 is 28.0 Å². The second-order valence-corrected chi connectivity index (χ2v) is 5.26. The summed E-state index contributed by atoms with van der Waals surface area (Å²) < 4.78 is 5.76. The van der Waals surface area contributed by atoms with Crippen LogP contribution in [0.4, 0.5) is 4.79 Å². The second-order valence-electron chi connectivity index (χ2n) is 4.35. The summed E-state index contributed by atoms with van der Waals surface area (Å²) in [5.41, 5.74) is -0.450. The smallest absolute Gasteiger partial charge is 0.411 e. The zero-order valence-electron chi connectivity index (χ0n) is 9.72. The predicted molar refractivity (Wildman–Crippen MR) is 67.1 cm³/mol. The van der Waals surface area contributed by atoms with Crippen molar-refractivity contribution in [3.8, 4) is 0 Å². The van der Waals surface area contributed by atoms with Crippen molar-refractivity contribution in [2.75, 3.05) is 6.61 Å². The molecule has 0 spiro atoms. The van der Waals surface area contributed by atoms with E-state index in [1.807, 2.05) is 24.3 Å². The molecular weight excluding hydrogens is 302 g/mol. The van der Waals surface area contributed by atoms with E-state index in [0.29, 0.717) is 0 Å². The average molecular weight is 314 g/mol. The number of nitrogens with zero attached hydrogens (tertiary/aromatic N) is 1. The van der Waals surface area contributed by atoms with Crippen LogP contribution < -0.4 is 0 Å². The molecule has 1 atom stereocenters. The third-order valence-electron chi connectivity index (χ3n) is 3.01. The van der Waals surface area contributed by atoms with Crippen LogP contribution in [-0.4, -0.2) is 34.2 Å². The van der Waals surface area contributed by atoms with Gasteiger partial charge in [0.2, 0.25) is 0 Å². The summed E-state index contributed by atoms with van der Waals surface area (Å²) in [4.78, 5) is 24.1. The highest BCUT2D eigenvalue weighted by Gasteiger charge is 2.49. The minimum atomic E-state index is -1.30. The molecule has 0 aromatic heterocycles. The summed E-state index contributed by atoms with van der Waals surface area (Å²) >= 11 is 3.32. The van der Waals surface area contributed by atoms with E-state index < -0.39 is 17.6 Å². The standard InChI is InChI=1S/C12H12BrNO4/c1-12(10(15)16)7-18-11(17)14(12)6-8-2-4-9(13)5-3-8/h2-5H,6-7H2,1H3,(H,15,16). The third kappa shape index (κ3) is 2.20. The van der Waals surface area contributed by atoms with Crippen molar-refractivity contribution in [1.82, 2.24) is 4.90 Å². The summed E-state index contributed by atoms with van der Waals surface area (Å²) in [6.45, 7) is 1.58. The molecule has 1 N–H and O–H groups in total. The SMILES string of the molecule is CC1(C(=O)O)COC(=O)N1Cc1ccc(Br)cc1. The number of carbonyl (C=O) groups excluding carboxylic acids is 1. The lowest BCUT2D eigenvalue weighted by Gasteiger charge is -2.27. The zero-order valence-corrected chi connectivity index (χ0v) is 11.3. The quantitative estimate of drug-likeness (QED) is 0.929. The first-order chi connectivity index (χ1) is 8.43. The summed E-state index contributed by atoms with van der Waals surface area (Å²) in [6, 6.07) is 7.35. The fraction of sp³-hybridized carbons (Fsp3) is 0.333. The van der Waals surface area contributed by atoms with Gasteiger partial charge in [-0.3, -0.25) is 4.90 Å². The Balaban J connectivity index is 2.23. The third-order valence-corrected chi connectivity index (χ3v) is 3.54. The van der Waals surface area contributed by atoms with Gasteiger partial charge in [-0.15, -0.1) is 0 Å². The molecule has 1 amide bonds. The van der Waals surface area contributed by atoms with Gasteiger partial charge in [0.15, 0.2) is 5.54 Å². The van der Waals surface area contributed by atoms with Gasteiger partial charge in [-0.2, -0.15) is 0 Å². The number of rotatable bonds is 3. The van der Waals surface area contributed by atoms with Crippen LogP contribution in [0.15, 0.2) is 28.7 Å². The van der Waals surface area contributed by atoms with Crippen LogP contribution in [-0.2, 0) is 16.1 Å². The Bertz CT molecular complexity index is 487. The van der Waals surface area contributed by atoms with Crippen molar-refractivity contribution in [3.05, 3.63) is 34.3 Å². The lowest BCUT2D eigenvalue weighted by molar-refractivity contribution is -0.147. The number of carboxylic acid groups (broad SMARTS) is 1. The highest BCUT2D eigenvalue weighted by Crippen LogP contribution is 2.27. The Morgan fingerprint density at radius 2 is 2.11 bits per heavy atom. The molecule has 1 heterocycles. The summed E-state index contributed by atoms with van der Waals surface area (Å²) in [5, 5.41) is 9.20. The molecule has 18 heavy (non-hydrogen) atoms. The Hall–Kier alpha value is -1.56. The molecule has 0 aliphatic carbocycles. The van der Waals surface area contributed by atoms with Gasteiger partial charge in [0.1, 0.15) is 6.61 Å². The van der Waals surface area contributed by atoms with Gasteiger partial charge in [-0.1, -0.05) is 28.1 Å². The highest BCUT2D eigenvalue weighted by molar-refractivity contribution is 9.10. The molecular formula is C12H12BrNO4. The van der Waals surface area contributed by atoms with Crippen molar-refractivity contribution in [1.29, 1.82) is 0 Å². The first-order valence-corrected chi connectivity index (χ1v) is 6.15. The van der Waals surface area contributed by atoms with E-state index in [2.05, 4.69) is 15.9 Å². The Kier molecular flexibility index (Phi) is 3.30. The van der Waals surface area contributed by atoms with Gasteiger partial charge in [0.05, 0.1) is 6.54 Å². The Morgan fingerprint density at radius 1 is 1.50 bits per heavy atom. The molecule has 2 rings (SSSR count). The van der Waals surface area contributed by atoms with Gasteiger partial charge in [-0.05, 0) is 24.6 Å². The van der Waals surface area contributed by atoms with Crippen molar-refractivity contribution in [2.45, 2.75) is 19.0 Å². The molecule has 96 valence electrons. The van der Waals surface area contributed by atoms with Gasteiger partial charge in [-0.25, -0.2) is 9.59 Å². The van der Waals surface area contributed by atoms with Crippen LogP contribution in [0.3, 0.4) is 0 Å². The lowest BCUT2D eigenvalue weighted by Crippen LogP contribution is -2.50. The number of cyclic esters (lactones) is 1. The van der Waals surface area contributed by atoms with Crippen LogP contribution in [0.25, 0.3) is 0 Å². The number of benzene rings is 1. The van der Waals surface area contributed by atoms with Gasteiger partial charge in [0, 0.05) is 4.47 Å². The van der Waals surface area contributed by atoms with Crippen LogP contribution >= 0.6 is 15.9 Å². The highest BCUT2D eigenvalue weighted by atomic mass is 79.9. The fourth-order valence-electron chi connectivity index (χ4n) is 1.75. The van der Waals surface area contributed by atoms with Crippen LogP contribution in [0.2, 0.25) is 0 Å². The molecule has 0 bridgehead atoms. The maximum atomic E-state index is 11.6. The molecule has 1 aromatic carbocycles. The summed E-state index contributed by atoms with van der Waals surface area (Å²) in [5.74, 6) is -1.06. The number of amides is 1. The van der Waals surface area contributed by atoms with Crippen LogP contribution in [0.1, 0.15) is 12.5 Å². The molecule has 1 aliphatic rings. The number of carboxylic acids is 1. The fourth-order valence-corrected chi connectivity index (χ4v) is 2.01. The van der Waals surface area contributed by atoms with Gasteiger partial charge < -0.3 is 9.84 Å². The molecule has 0 radical (unpaired) electrons. The van der Waals surface area contributed by atoms with E-state index in [1.165, 1.54) is 11.8 Å². The molecule has 6 heteroatoms. The minimum absolute atomic E-state index is 0.127. The largest absolute Gasteiger partial charge is 0.479 e. The monoisotopic (exact) mass is 313 g/mol. The second kappa shape index (κ2) is 4.61. The number of ether oxygens (including phenoxy) is 1. The molecule has 0 saturated carbocycles. The first-order valence-electron chi connectivity index (χ1n) is 5.36. The minimum Gasteiger partial charge on any atom is -0.479 e. The number of aliphatic carboxylic acids is 1. The number of hydrogen-bond donors (Lipinski definition) is 1. The molecule has 1 unspecified atom stereocenters. The normalized spacial score (nSPS) is 23.0. The van der Waals surface area contributed by atoms with E-state index in [9.17, 15) is 14.7 Å². The number of halogens is 1. The summed E-state index contributed by atoms with van der Waals surface area (Å²) in [6.07, 6.45) is -0.595. The predicted octanol–water partition coefficient (Wildman–Crippen LogP) is 2.24. The van der Waals surface area contributed by atoms with Crippen LogP contribution in [0.5, 0.6) is 0 Å². The molecule has 1 aliphatic heterocycles. The lowest BCUT2D eigenvalue weighted by atomic mass is 10.0. The van der Waals surface area contributed by atoms with E-state index >= 15 is 0 Å². The topological polar surface area (TPSA) is 66.8 Å². The Morgan fingerprint density at radius 3 is 2.67 bits per heavy atom. The van der Waals surface area contributed by atoms with E-state index in [4.69, 9.17) is 4.74 Å². The van der Waals surface area contributed by atoms with Crippen molar-refractivity contribution in [3.63, 3.8) is 0 Å². The van der Waals surface area contributed by atoms with Crippen molar-refractivity contribution < 1.29 is 19.4 Å². The number of hydrogen-bond acceptors (Lipinski definition) is 3. The molecule has 1 saturated heterocycles. The van der Waals surface area contributed by atoms with Crippen LogP contribution in [0, 0.1) is 0 Å². The summed E-state index contributed by atoms with van der Waals surface area (Å²) in [7, 11) is 0. The van der Waals surface area contributed by atoms with Gasteiger partial charge in [0.25, 0.3) is 0 Å². The first kappa shape index (κ1) is 12.9. The van der Waals surface area contributed by atoms with E-state index in [1.54, 1.807) is 0 Å². The maximum absolute atomic E-state index is 11.6. The van der Waals surface area contributed by atoms with Gasteiger partial charge >= 0.3 is 12.1 Å². The maximum Gasteiger partial charge on any atom is 0.411 e. The molecule has 1 fully saturated rings. The average Bonchev–Trinajstić information content (AvgIpc) is 2.61. The van der Waals surface area contributed by atoms with E-state index in [-0.39, 0.29) is 13.2 Å². The van der Waals surface area contributed by atoms with E-state index in [0.717, 1.165) is 10.0 Å². The molecule has 5 nitrogen and oxygen atoms in total. The van der Waals surface area contributed by atoms with Crippen molar-refractivity contribution in [2.24, 2.45) is 0 Å². The Labute approximate surface area is 112 Å². The zero-order chi connectivity index (χ0) is 13.3.